The third-order valence-electron chi connectivity index (χ3n) is 2.90. The fraction of sp³-hybridized carbons (Fsp3) is 0.267. The molecule has 4 nitrogen and oxygen atoms in total. The molecule has 0 atom stereocenters. The third kappa shape index (κ3) is 3.45. The molecule has 1 aromatic carbocycles. The Morgan fingerprint density at radius 2 is 2.11 bits per heavy atom. The summed E-state index contributed by atoms with van der Waals surface area (Å²) in [6.45, 7) is 2.66. The third-order valence-corrected chi connectivity index (χ3v) is 2.90. The molecular weight excluding hydrogens is 238 g/mol. The lowest BCUT2D eigenvalue weighted by molar-refractivity contribution is 0.202. The molecule has 100 valence electrons. The van der Waals surface area contributed by atoms with Crippen molar-refractivity contribution in [1.82, 2.24) is 4.98 Å². The Bertz CT molecular complexity index is 555. The molecule has 2 aromatic rings. The van der Waals surface area contributed by atoms with Crippen molar-refractivity contribution in [2.24, 2.45) is 0 Å². The average Bonchev–Trinajstić information content (AvgIpc) is 2.41. The zero-order valence-electron chi connectivity index (χ0n) is 11.3. The Balaban J connectivity index is 2.22. The zero-order valence-corrected chi connectivity index (χ0v) is 11.3. The molecule has 0 fully saturated rings. The Morgan fingerprint density at radius 1 is 1.32 bits per heavy atom. The van der Waals surface area contributed by atoms with Gasteiger partial charge in [-0.15, -0.1) is 0 Å². The number of nitrogens with one attached hydrogen (secondary N) is 1. The predicted octanol–water partition coefficient (Wildman–Crippen LogP) is 2.90. The molecule has 0 unspecified atom stereocenters. The lowest BCUT2D eigenvalue weighted by Gasteiger charge is -2.13. The van der Waals surface area contributed by atoms with Crippen molar-refractivity contribution in [1.29, 1.82) is 0 Å². The van der Waals surface area contributed by atoms with E-state index < -0.39 is 0 Å². The van der Waals surface area contributed by atoms with E-state index in [9.17, 15) is 0 Å². The van der Waals surface area contributed by atoms with Gasteiger partial charge in [0.2, 0.25) is 0 Å². The van der Waals surface area contributed by atoms with Crippen molar-refractivity contribution in [3.8, 4) is 0 Å². The van der Waals surface area contributed by atoms with Crippen LogP contribution < -0.4 is 11.1 Å². The van der Waals surface area contributed by atoms with Crippen LogP contribution in [-0.4, -0.2) is 18.7 Å². The molecule has 0 aliphatic heterocycles. The lowest BCUT2D eigenvalue weighted by Crippen LogP contribution is -2.03. The number of aryl methyl sites for hydroxylation is 1. The maximum absolute atomic E-state index is 5.97. The van der Waals surface area contributed by atoms with Crippen LogP contribution in [0.4, 0.5) is 17.2 Å². The molecule has 3 N–H and O–H groups in total. The summed E-state index contributed by atoms with van der Waals surface area (Å²) in [5.41, 5.74) is 9.88. The number of nitrogens with zero attached hydrogens (tertiary/aromatic N) is 1. The number of aromatic nitrogens is 1. The van der Waals surface area contributed by atoms with Gasteiger partial charge in [-0.05, 0) is 36.6 Å². The van der Waals surface area contributed by atoms with Crippen molar-refractivity contribution in [2.75, 3.05) is 24.8 Å². The predicted molar refractivity (Wildman–Crippen MR) is 78.7 cm³/mol. The van der Waals surface area contributed by atoms with Crippen LogP contribution in [0.1, 0.15) is 11.1 Å². The standard InChI is InChI=1S/C15H19N3O/c1-11-9-13(16)15(17-10-11)18-14-6-4-3-5-12(14)7-8-19-2/h3-6,9-10H,7-8,16H2,1-2H3,(H,17,18). The molecule has 0 bridgehead atoms. The van der Waals surface area contributed by atoms with Gasteiger partial charge in [0, 0.05) is 19.0 Å². The highest BCUT2D eigenvalue weighted by Gasteiger charge is 2.05. The number of nitrogen functional groups attached to an aromatic ring is 1. The summed E-state index contributed by atoms with van der Waals surface area (Å²) in [5.74, 6) is 0.690. The molecule has 0 aliphatic carbocycles. The van der Waals surface area contributed by atoms with E-state index in [2.05, 4.69) is 16.4 Å². The van der Waals surface area contributed by atoms with E-state index in [1.54, 1.807) is 13.3 Å². The minimum Gasteiger partial charge on any atom is -0.396 e. The SMILES string of the molecule is COCCc1ccccc1Nc1ncc(C)cc1N. The maximum atomic E-state index is 5.97. The molecular formula is C15H19N3O. The van der Waals surface area contributed by atoms with Gasteiger partial charge in [0.1, 0.15) is 0 Å². The summed E-state index contributed by atoms with van der Waals surface area (Å²) in [6.07, 6.45) is 2.65. The highest BCUT2D eigenvalue weighted by molar-refractivity contribution is 5.70. The second kappa shape index (κ2) is 6.20. The number of para-hydroxylation sites is 1. The van der Waals surface area contributed by atoms with Gasteiger partial charge in [-0.2, -0.15) is 0 Å². The lowest BCUT2D eigenvalue weighted by atomic mass is 10.1. The van der Waals surface area contributed by atoms with Gasteiger partial charge in [-0.25, -0.2) is 4.98 Å². The van der Waals surface area contributed by atoms with Crippen LogP contribution >= 0.6 is 0 Å². The number of pyridine rings is 1. The fourth-order valence-electron chi connectivity index (χ4n) is 1.90. The number of anilines is 3. The van der Waals surface area contributed by atoms with Gasteiger partial charge in [0.25, 0.3) is 0 Å². The Morgan fingerprint density at radius 3 is 2.84 bits per heavy atom. The van der Waals surface area contributed by atoms with Crippen molar-refractivity contribution in [3.63, 3.8) is 0 Å². The normalized spacial score (nSPS) is 10.4. The van der Waals surface area contributed by atoms with E-state index in [0.717, 1.165) is 17.7 Å². The van der Waals surface area contributed by atoms with Crippen molar-refractivity contribution in [2.45, 2.75) is 13.3 Å². The summed E-state index contributed by atoms with van der Waals surface area (Å²) < 4.78 is 5.12. The number of benzene rings is 1. The van der Waals surface area contributed by atoms with Gasteiger partial charge in [0.15, 0.2) is 5.82 Å². The van der Waals surface area contributed by atoms with Crippen LogP contribution in [0, 0.1) is 6.92 Å². The smallest absolute Gasteiger partial charge is 0.153 e. The maximum Gasteiger partial charge on any atom is 0.153 e. The summed E-state index contributed by atoms with van der Waals surface area (Å²) in [4.78, 5) is 4.33. The molecule has 1 aromatic heterocycles. The van der Waals surface area contributed by atoms with Crippen LogP contribution in [0.25, 0.3) is 0 Å². The molecule has 0 amide bonds. The van der Waals surface area contributed by atoms with Crippen molar-refractivity contribution in [3.05, 3.63) is 47.7 Å². The van der Waals surface area contributed by atoms with Gasteiger partial charge in [0.05, 0.1) is 12.3 Å². The summed E-state index contributed by atoms with van der Waals surface area (Å²) in [5, 5.41) is 3.29. The highest BCUT2D eigenvalue weighted by atomic mass is 16.5. The van der Waals surface area contributed by atoms with Gasteiger partial charge in [-0.3, -0.25) is 0 Å². The minimum atomic E-state index is 0.654. The average molecular weight is 257 g/mol. The molecule has 0 saturated heterocycles. The van der Waals surface area contributed by atoms with E-state index in [4.69, 9.17) is 10.5 Å². The number of ether oxygens (including phenoxy) is 1. The molecule has 4 heteroatoms. The molecule has 0 radical (unpaired) electrons. The van der Waals surface area contributed by atoms with Crippen LogP contribution in [0.3, 0.4) is 0 Å². The quantitative estimate of drug-likeness (QED) is 0.864. The number of nitrogens with two attached hydrogens (primary N) is 1. The Hall–Kier alpha value is -2.07. The molecule has 2 rings (SSSR count). The number of hydrogen-bond donors (Lipinski definition) is 2. The first-order valence-electron chi connectivity index (χ1n) is 6.26. The molecule has 1 heterocycles. The van der Waals surface area contributed by atoms with Crippen LogP contribution in [0.5, 0.6) is 0 Å². The molecule has 0 saturated carbocycles. The van der Waals surface area contributed by atoms with Crippen LogP contribution in [0.15, 0.2) is 36.5 Å². The summed E-state index contributed by atoms with van der Waals surface area (Å²) >= 11 is 0. The monoisotopic (exact) mass is 257 g/mol. The van der Waals surface area contributed by atoms with E-state index in [0.29, 0.717) is 18.1 Å². The Kier molecular flexibility index (Phi) is 4.36. The topological polar surface area (TPSA) is 60.2 Å². The summed E-state index contributed by atoms with van der Waals surface area (Å²) in [6, 6.07) is 10.0. The zero-order chi connectivity index (χ0) is 13.7. The first kappa shape index (κ1) is 13.4. The van der Waals surface area contributed by atoms with Crippen LogP contribution in [0.2, 0.25) is 0 Å². The van der Waals surface area contributed by atoms with E-state index in [1.807, 2.05) is 31.2 Å². The Labute approximate surface area is 113 Å². The van der Waals surface area contributed by atoms with E-state index in [-0.39, 0.29) is 0 Å². The largest absolute Gasteiger partial charge is 0.396 e. The van der Waals surface area contributed by atoms with Gasteiger partial charge < -0.3 is 15.8 Å². The first-order valence-corrected chi connectivity index (χ1v) is 6.26. The molecule has 19 heavy (non-hydrogen) atoms. The van der Waals surface area contributed by atoms with Crippen molar-refractivity contribution < 1.29 is 4.74 Å². The first-order chi connectivity index (χ1) is 9.20. The number of rotatable bonds is 5. The second-order valence-electron chi connectivity index (χ2n) is 4.48. The van der Waals surface area contributed by atoms with Crippen molar-refractivity contribution >= 4 is 17.2 Å². The number of hydrogen-bond acceptors (Lipinski definition) is 4. The van der Waals surface area contributed by atoms with Gasteiger partial charge in [-0.1, -0.05) is 18.2 Å². The van der Waals surface area contributed by atoms with Crippen LogP contribution in [-0.2, 0) is 11.2 Å². The second-order valence-corrected chi connectivity index (χ2v) is 4.48. The van der Waals surface area contributed by atoms with E-state index in [1.165, 1.54) is 5.56 Å². The fourth-order valence-corrected chi connectivity index (χ4v) is 1.90. The van der Waals surface area contributed by atoms with E-state index >= 15 is 0 Å². The minimum absolute atomic E-state index is 0.654. The molecule has 0 aliphatic rings. The molecule has 0 spiro atoms. The summed E-state index contributed by atoms with van der Waals surface area (Å²) in [7, 11) is 1.70. The highest BCUT2D eigenvalue weighted by Crippen LogP contribution is 2.24. The number of methoxy groups -OCH3 is 1. The van der Waals surface area contributed by atoms with Gasteiger partial charge >= 0.3 is 0 Å².